The molecule has 3 aromatic heterocycles. The molecule has 4 aromatic rings. The standard InChI is InChI=1S/C20H21N7O3S/c1-13-20(14(2)26(4)24-13)31(28,29)25-16-5-7-17(8-6-16)30-19-10-9-18(22-23-19)27-12-11-21-15(27)3/h5-12,25H,1-4H3. The van der Waals surface area contributed by atoms with Gasteiger partial charge in [0.2, 0.25) is 5.88 Å². The maximum atomic E-state index is 12.8. The fraction of sp³-hybridized carbons (Fsp3) is 0.200. The second-order valence-electron chi connectivity index (χ2n) is 6.93. The summed E-state index contributed by atoms with van der Waals surface area (Å²) < 4.78 is 37.2. The summed E-state index contributed by atoms with van der Waals surface area (Å²) in [4.78, 5) is 4.34. The summed E-state index contributed by atoms with van der Waals surface area (Å²) in [5.41, 5.74) is 1.42. The van der Waals surface area contributed by atoms with E-state index in [2.05, 4.69) is 25.0 Å². The second kappa shape index (κ2) is 7.84. The smallest absolute Gasteiger partial charge is 0.265 e. The number of aromatic nitrogens is 6. The number of benzene rings is 1. The molecule has 0 spiro atoms. The van der Waals surface area contributed by atoms with Crippen LogP contribution in [0.4, 0.5) is 5.69 Å². The van der Waals surface area contributed by atoms with Crippen molar-refractivity contribution in [2.75, 3.05) is 4.72 Å². The van der Waals surface area contributed by atoms with Gasteiger partial charge in [0.05, 0.1) is 11.4 Å². The van der Waals surface area contributed by atoms with E-state index < -0.39 is 10.0 Å². The van der Waals surface area contributed by atoms with Gasteiger partial charge in [-0.15, -0.1) is 10.2 Å². The SMILES string of the molecule is Cc1nn(C)c(C)c1S(=O)(=O)Nc1ccc(Oc2ccc(-n3ccnc3C)nn2)cc1. The lowest BCUT2D eigenvalue weighted by atomic mass is 10.3. The molecule has 0 aliphatic carbocycles. The quantitative estimate of drug-likeness (QED) is 0.491. The molecular formula is C20H21N7O3S. The van der Waals surface area contributed by atoms with Crippen LogP contribution in [0.25, 0.3) is 5.82 Å². The summed E-state index contributed by atoms with van der Waals surface area (Å²) in [6, 6.07) is 10.0. The number of aryl methyl sites for hydroxylation is 3. The number of imidazole rings is 1. The fourth-order valence-electron chi connectivity index (χ4n) is 3.18. The monoisotopic (exact) mass is 439 g/mol. The van der Waals surface area contributed by atoms with Crippen LogP contribution in [0.5, 0.6) is 11.6 Å². The molecule has 0 bridgehead atoms. The van der Waals surface area contributed by atoms with E-state index in [-0.39, 0.29) is 4.90 Å². The van der Waals surface area contributed by atoms with E-state index in [9.17, 15) is 8.42 Å². The van der Waals surface area contributed by atoms with Gasteiger partial charge in [0.15, 0.2) is 5.82 Å². The maximum absolute atomic E-state index is 12.8. The van der Waals surface area contributed by atoms with Crippen LogP contribution in [0.3, 0.4) is 0 Å². The summed E-state index contributed by atoms with van der Waals surface area (Å²) in [5.74, 6) is 2.25. The summed E-state index contributed by atoms with van der Waals surface area (Å²) >= 11 is 0. The topological polar surface area (TPSA) is 117 Å². The van der Waals surface area contributed by atoms with E-state index in [0.717, 1.165) is 5.82 Å². The van der Waals surface area contributed by atoms with Crippen LogP contribution >= 0.6 is 0 Å². The number of sulfonamides is 1. The van der Waals surface area contributed by atoms with Crippen LogP contribution in [0.15, 0.2) is 53.7 Å². The van der Waals surface area contributed by atoms with Gasteiger partial charge in [0.1, 0.15) is 16.5 Å². The minimum atomic E-state index is -3.76. The third-order valence-corrected chi connectivity index (χ3v) is 6.37. The van der Waals surface area contributed by atoms with Crippen molar-refractivity contribution in [3.63, 3.8) is 0 Å². The Morgan fingerprint density at radius 2 is 1.74 bits per heavy atom. The van der Waals surface area contributed by atoms with Gasteiger partial charge in [-0.2, -0.15) is 5.10 Å². The zero-order chi connectivity index (χ0) is 22.2. The minimum absolute atomic E-state index is 0.179. The Labute approximate surface area is 179 Å². The van der Waals surface area contributed by atoms with Gasteiger partial charge in [-0.1, -0.05) is 0 Å². The van der Waals surface area contributed by atoms with Gasteiger partial charge in [-0.05, 0) is 51.1 Å². The first-order valence-corrected chi connectivity index (χ1v) is 10.9. The average Bonchev–Trinajstić information content (AvgIpc) is 3.26. The van der Waals surface area contributed by atoms with E-state index >= 15 is 0 Å². The van der Waals surface area contributed by atoms with Crippen molar-refractivity contribution in [3.05, 3.63) is 66.0 Å². The molecule has 1 N–H and O–H groups in total. The highest BCUT2D eigenvalue weighted by molar-refractivity contribution is 7.92. The van der Waals surface area contributed by atoms with Crippen LogP contribution in [-0.4, -0.2) is 37.9 Å². The van der Waals surface area contributed by atoms with E-state index in [1.165, 1.54) is 0 Å². The summed E-state index contributed by atoms with van der Waals surface area (Å²) in [6.45, 7) is 5.25. The van der Waals surface area contributed by atoms with Crippen molar-refractivity contribution >= 4 is 15.7 Å². The molecule has 3 heterocycles. The van der Waals surface area contributed by atoms with Crippen molar-refractivity contribution in [1.82, 2.24) is 29.5 Å². The highest BCUT2D eigenvalue weighted by Crippen LogP contribution is 2.25. The number of rotatable bonds is 6. The number of hydrogen-bond acceptors (Lipinski definition) is 7. The highest BCUT2D eigenvalue weighted by Gasteiger charge is 2.23. The van der Waals surface area contributed by atoms with Gasteiger partial charge in [0, 0.05) is 31.2 Å². The Bertz CT molecular complexity index is 1320. The molecule has 160 valence electrons. The van der Waals surface area contributed by atoms with Gasteiger partial charge >= 0.3 is 0 Å². The molecule has 0 unspecified atom stereocenters. The van der Waals surface area contributed by atoms with Gasteiger partial charge < -0.3 is 4.74 Å². The van der Waals surface area contributed by atoms with E-state index in [4.69, 9.17) is 4.74 Å². The van der Waals surface area contributed by atoms with Crippen molar-refractivity contribution < 1.29 is 13.2 Å². The Balaban J connectivity index is 1.47. The molecule has 11 heteroatoms. The molecular weight excluding hydrogens is 418 g/mol. The first kappa shape index (κ1) is 20.5. The minimum Gasteiger partial charge on any atom is -0.438 e. The molecule has 0 atom stereocenters. The zero-order valence-electron chi connectivity index (χ0n) is 17.4. The number of hydrogen-bond donors (Lipinski definition) is 1. The Morgan fingerprint density at radius 1 is 1.00 bits per heavy atom. The van der Waals surface area contributed by atoms with Crippen LogP contribution in [-0.2, 0) is 17.1 Å². The summed E-state index contributed by atoms with van der Waals surface area (Å²) in [7, 11) is -2.05. The zero-order valence-corrected chi connectivity index (χ0v) is 18.3. The largest absolute Gasteiger partial charge is 0.438 e. The first-order chi connectivity index (χ1) is 14.7. The lowest BCUT2D eigenvalue weighted by Gasteiger charge is -2.10. The van der Waals surface area contributed by atoms with Gasteiger partial charge in [0.25, 0.3) is 10.0 Å². The van der Waals surface area contributed by atoms with Crippen LogP contribution in [0.2, 0.25) is 0 Å². The summed E-state index contributed by atoms with van der Waals surface area (Å²) in [5, 5.41) is 12.4. The molecule has 0 aliphatic heterocycles. The molecule has 0 aliphatic rings. The lowest BCUT2D eigenvalue weighted by Crippen LogP contribution is -2.14. The molecule has 0 amide bonds. The number of nitrogens with zero attached hydrogens (tertiary/aromatic N) is 6. The number of ether oxygens (including phenoxy) is 1. The Morgan fingerprint density at radius 3 is 2.29 bits per heavy atom. The first-order valence-electron chi connectivity index (χ1n) is 9.39. The van der Waals surface area contributed by atoms with Crippen LogP contribution in [0, 0.1) is 20.8 Å². The molecule has 10 nitrogen and oxygen atoms in total. The third-order valence-electron chi connectivity index (χ3n) is 4.74. The normalized spacial score (nSPS) is 11.5. The van der Waals surface area contributed by atoms with Crippen molar-refractivity contribution in [1.29, 1.82) is 0 Å². The molecule has 31 heavy (non-hydrogen) atoms. The Kier molecular flexibility index (Phi) is 5.19. The highest BCUT2D eigenvalue weighted by atomic mass is 32.2. The maximum Gasteiger partial charge on any atom is 0.265 e. The Hall–Kier alpha value is -3.73. The number of anilines is 1. The third kappa shape index (κ3) is 4.12. The predicted molar refractivity (Wildman–Crippen MR) is 114 cm³/mol. The van der Waals surface area contributed by atoms with E-state index in [1.54, 1.807) is 74.4 Å². The molecule has 0 saturated carbocycles. The predicted octanol–water partition coefficient (Wildman–Crippen LogP) is 2.91. The second-order valence-corrected chi connectivity index (χ2v) is 8.55. The van der Waals surface area contributed by atoms with Crippen LogP contribution in [0.1, 0.15) is 17.2 Å². The van der Waals surface area contributed by atoms with Crippen LogP contribution < -0.4 is 9.46 Å². The van der Waals surface area contributed by atoms with Gasteiger partial charge in [-0.25, -0.2) is 13.4 Å². The van der Waals surface area contributed by atoms with Gasteiger partial charge in [-0.3, -0.25) is 14.0 Å². The molecule has 1 aromatic carbocycles. The molecule has 0 fully saturated rings. The summed E-state index contributed by atoms with van der Waals surface area (Å²) in [6.07, 6.45) is 3.49. The number of nitrogens with one attached hydrogen (secondary N) is 1. The van der Waals surface area contributed by atoms with Crippen molar-refractivity contribution in [2.45, 2.75) is 25.7 Å². The lowest BCUT2D eigenvalue weighted by molar-refractivity contribution is 0.454. The average molecular weight is 440 g/mol. The molecule has 4 rings (SSSR count). The van der Waals surface area contributed by atoms with Crippen molar-refractivity contribution in [3.8, 4) is 17.4 Å². The molecule has 0 radical (unpaired) electrons. The molecule has 0 saturated heterocycles. The van der Waals surface area contributed by atoms with E-state index in [1.807, 2.05) is 11.5 Å². The van der Waals surface area contributed by atoms with Crippen molar-refractivity contribution in [2.24, 2.45) is 7.05 Å². The van der Waals surface area contributed by atoms with E-state index in [0.29, 0.717) is 34.5 Å². The fourth-order valence-corrected chi connectivity index (χ4v) is 4.68.